The first kappa shape index (κ1) is 13.9. The maximum Gasteiger partial charge on any atom is 0.152 e. The van der Waals surface area contributed by atoms with Gasteiger partial charge in [0, 0.05) is 12.3 Å². The first-order valence-electron chi connectivity index (χ1n) is 5.93. The second-order valence-corrected chi connectivity index (χ2v) is 7.21. The Morgan fingerprint density at radius 1 is 1.56 bits per heavy atom. The van der Waals surface area contributed by atoms with Gasteiger partial charge in [-0.1, -0.05) is 13.3 Å². The Balaban J connectivity index is 2.93. The fourth-order valence-corrected chi connectivity index (χ4v) is 4.32. The number of aliphatic hydroxyl groups is 1. The van der Waals surface area contributed by atoms with Gasteiger partial charge in [0.15, 0.2) is 9.84 Å². The summed E-state index contributed by atoms with van der Waals surface area (Å²) in [5, 5.41) is 12.4. The lowest BCUT2D eigenvalue weighted by Crippen LogP contribution is -2.59. The van der Waals surface area contributed by atoms with Gasteiger partial charge < -0.3 is 10.4 Å². The minimum Gasteiger partial charge on any atom is -0.394 e. The van der Waals surface area contributed by atoms with Gasteiger partial charge in [-0.15, -0.1) is 0 Å². The van der Waals surface area contributed by atoms with Crippen LogP contribution >= 0.6 is 0 Å². The topological polar surface area (TPSA) is 66.4 Å². The van der Waals surface area contributed by atoms with E-state index in [2.05, 4.69) is 5.32 Å². The van der Waals surface area contributed by atoms with E-state index in [0.717, 1.165) is 19.3 Å². The summed E-state index contributed by atoms with van der Waals surface area (Å²) in [6.45, 7) is 3.97. The zero-order valence-electron chi connectivity index (χ0n) is 10.4. The van der Waals surface area contributed by atoms with Gasteiger partial charge in [-0.3, -0.25) is 0 Å². The fraction of sp³-hybridized carbons (Fsp3) is 1.00. The van der Waals surface area contributed by atoms with Crippen LogP contribution in [0.25, 0.3) is 0 Å². The zero-order chi connectivity index (χ0) is 12.4. The maximum atomic E-state index is 11.7. The minimum absolute atomic E-state index is 0.102. The lowest BCUT2D eigenvalue weighted by atomic mass is 9.96. The molecule has 0 amide bonds. The van der Waals surface area contributed by atoms with E-state index in [9.17, 15) is 13.5 Å². The summed E-state index contributed by atoms with van der Waals surface area (Å²) in [6.07, 6.45) is 4.46. The molecule has 1 fully saturated rings. The number of rotatable bonds is 5. The van der Waals surface area contributed by atoms with Crippen molar-refractivity contribution in [1.82, 2.24) is 5.32 Å². The maximum absolute atomic E-state index is 11.7. The highest BCUT2D eigenvalue weighted by atomic mass is 32.2. The first-order chi connectivity index (χ1) is 7.35. The number of hydrogen-bond donors (Lipinski definition) is 2. The number of aliphatic hydroxyl groups excluding tert-OH is 1. The number of nitrogens with one attached hydrogen (secondary N) is 1. The molecule has 0 radical (unpaired) electrons. The van der Waals surface area contributed by atoms with Crippen LogP contribution in [0.4, 0.5) is 0 Å². The summed E-state index contributed by atoms with van der Waals surface area (Å²) in [6, 6.07) is 0.231. The second kappa shape index (κ2) is 5.02. The average molecular weight is 249 g/mol. The van der Waals surface area contributed by atoms with Gasteiger partial charge in [-0.25, -0.2) is 8.42 Å². The third-order valence-corrected chi connectivity index (χ3v) is 5.37. The molecule has 0 aromatic carbocycles. The van der Waals surface area contributed by atoms with Crippen molar-refractivity contribution in [2.24, 2.45) is 0 Å². The molecule has 0 aromatic heterocycles. The van der Waals surface area contributed by atoms with Crippen molar-refractivity contribution in [1.29, 1.82) is 0 Å². The largest absolute Gasteiger partial charge is 0.394 e. The Morgan fingerprint density at radius 3 is 2.62 bits per heavy atom. The predicted octanol–water partition coefficient (Wildman–Crippen LogP) is 0.703. The molecule has 0 heterocycles. The van der Waals surface area contributed by atoms with Gasteiger partial charge in [-0.2, -0.15) is 0 Å². The Kier molecular flexibility index (Phi) is 4.37. The summed E-state index contributed by atoms with van der Waals surface area (Å²) < 4.78 is 23.5. The molecule has 2 N–H and O–H groups in total. The molecule has 1 aliphatic carbocycles. The molecule has 0 aromatic rings. The molecule has 5 heteroatoms. The third kappa shape index (κ3) is 2.76. The van der Waals surface area contributed by atoms with Gasteiger partial charge in [0.2, 0.25) is 0 Å². The summed E-state index contributed by atoms with van der Waals surface area (Å²) in [4.78, 5) is 0. The first-order valence-corrected chi connectivity index (χ1v) is 7.88. The van der Waals surface area contributed by atoms with Crippen LogP contribution in [-0.4, -0.2) is 43.2 Å². The van der Waals surface area contributed by atoms with Gasteiger partial charge in [0.1, 0.15) is 0 Å². The molecule has 4 nitrogen and oxygen atoms in total. The van der Waals surface area contributed by atoms with Crippen LogP contribution in [0.5, 0.6) is 0 Å². The average Bonchev–Trinajstić information content (AvgIpc) is 2.61. The Hall–Kier alpha value is -0.130. The molecule has 0 aliphatic heterocycles. The standard InChI is InChI=1S/C11H23NO3S/c1-4-9(2)12-11(8-13)7-5-6-10(11)16(3,14)15/h9-10,12-13H,4-8H2,1-3H3. The van der Waals surface area contributed by atoms with Gasteiger partial charge >= 0.3 is 0 Å². The quantitative estimate of drug-likeness (QED) is 0.753. The lowest BCUT2D eigenvalue weighted by Gasteiger charge is -2.36. The van der Waals surface area contributed by atoms with Crippen LogP contribution in [0, 0.1) is 0 Å². The van der Waals surface area contributed by atoms with Crippen molar-refractivity contribution in [3.63, 3.8) is 0 Å². The zero-order valence-corrected chi connectivity index (χ0v) is 11.2. The highest BCUT2D eigenvalue weighted by Crippen LogP contribution is 2.35. The molecule has 3 unspecified atom stereocenters. The van der Waals surface area contributed by atoms with E-state index in [4.69, 9.17) is 0 Å². The number of sulfone groups is 1. The molecule has 3 atom stereocenters. The molecular formula is C11H23NO3S. The van der Waals surface area contributed by atoms with Crippen molar-refractivity contribution >= 4 is 9.84 Å². The molecule has 16 heavy (non-hydrogen) atoms. The van der Waals surface area contributed by atoms with Crippen molar-refractivity contribution in [2.45, 2.75) is 56.4 Å². The van der Waals surface area contributed by atoms with Crippen LogP contribution < -0.4 is 5.32 Å². The fourth-order valence-electron chi connectivity index (χ4n) is 2.65. The van der Waals surface area contributed by atoms with Crippen molar-refractivity contribution in [3.05, 3.63) is 0 Å². The van der Waals surface area contributed by atoms with Crippen molar-refractivity contribution in [3.8, 4) is 0 Å². The van der Waals surface area contributed by atoms with Gasteiger partial charge in [-0.05, 0) is 26.2 Å². The van der Waals surface area contributed by atoms with E-state index in [1.807, 2.05) is 13.8 Å². The monoisotopic (exact) mass is 249 g/mol. The Bertz CT molecular complexity index is 328. The molecular weight excluding hydrogens is 226 g/mol. The van der Waals surface area contributed by atoms with Crippen LogP contribution in [0.1, 0.15) is 39.5 Å². The predicted molar refractivity (Wildman–Crippen MR) is 65.2 cm³/mol. The molecule has 1 saturated carbocycles. The van der Waals surface area contributed by atoms with E-state index < -0.39 is 20.6 Å². The molecule has 0 bridgehead atoms. The van der Waals surface area contributed by atoms with Gasteiger partial charge in [0.25, 0.3) is 0 Å². The third-order valence-electron chi connectivity index (χ3n) is 3.65. The normalized spacial score (nSPS) is 32.9. The highest BCUT2D eigenvalue weighted by Gasteiger charge is 2.47. The Morgan fingerprint density at radius 2 is 2.19 bits per heavy atom. The van der Waals surface area contributed by atoms with Crippen LogP contribution in [0.15, 0.2) is 0 Å². The second-order valence-electron chi connectivity index (χ2n) is 4.98. The number of hydrogen-bond acceptors (Lipinski definition) is 4. The van der Waals surface area contributed by atoms with E-state index in [1.165, 1.54) is 6.26 Å². The Labute approximate surface area is 98.4 Å². The van der Waals surface area contributed by atoms with E-state index in [1.54, 1.807) is 0 Å². The van der Waals surface area contributed by atoms with Crippen LogP contribution in [0.2, 0.25) is 0 Å². The molecule has 0 spiro atoms. The van der Waals surface area contributed by atoms with Crippen LogP contribution in [0.3, 0.4) is 0 Å². The summed E-state index contributed by atoms with van der Waals surface area (Å²) in [7, 11) is -3.10. The summed E-state index contributed by atoms with van der Waals surface area (Å²) in [5.41, 5.74) is -0.622. The lowest BCUT2D eigenvalue weighted by molar-refractivity contribution is 0.154. The van der Waals surface area contributed by atoms with E-state index in [0.29, 0.717) is 6.42 Å². The summed E-state index contributed by atoms with van der Waals surface area (Å²) in [5.74, 6) is 0. The van der Waals surface area contributed by atoms with Crippen LogP contribution in [-0.2, 0) is 9.84 Å². The SMILES string of the molecule is CCC(C)NC1(CO)CCCC1S(C)(=O)=O. The van der Waals surface area contributed by atoms with Crippen molar-refractivity contribution < 1.29 is 13.5 Å². The summed E-state index contributed by atoms with van der Waals surface area (Å²) >= 11 is 0. The van der Waals surface area contributed by atoms with Crippen molar-refractivity contribution in [2.75, 3.05) is 12.9 Å². The molecule has 1 aliphatic rings. The highest BCUT2D eigenvalue weighted by molar-refractivity contribution is 7.91. The molecule has 1 rings (SSSR count). The smallest absolute Gasteiger partial charge is 0.152 e. The molecule has 0 saturated heterocycles. The minimum atomic E-state index is -3.10. The van der Waals surface area contributed by atoms with Gasteiger partial charge in [0.05, 0.1) is 17.4 Å². The van der Waals surface area contributed by atoms with E-state index in [-0.39, 0.29) is 12.6 Å². The molecule has 96 valence electrons. The van der Waals surface area contributed by atoms with E-state index >= 15 is 0 Å².